The van der Waals surface area contributed by atoms with E-state index in [0.717, 1.165) is 16.9 Å². The number of amides is 2. The Kier molecular flexibility index (Phi) is 4.23. The van der Waals surface area contributed by atoms with Gasteiger partial charge in [-0.2, -0.15) is 0 Å². The Morgan fingerprint density at radius 2 is 2.09 bits per heavy atom. The third kappa shape index (κ3) is 3.31. The van der Waals surface area contributed by atoms with E-state index in [1.165, 1.54) is 7.11 Å². The Morgan fingerprint density at radius 1 is 1.30 bits per heavy atom. The number of carbonyl (C=O) groups is 2. The van der Waals surface area contributed by atoms with Gasteiger partial charge < -0.3 is 9.64 Å². The summed E-state index contributed by atoms with van der Waals surface area (Å²) in [5, 5.41) is 2.58. The molecule has 2 aromatic rings. The number of pyridine rings is 1. The van der Waals surface area contributed by atoms with Crippen LogP contribution in [0.25, 0.3) is 0 Å². The Hall–Kier alpha value is -2.89. The summed E-state index contributed by atoms with van der Waals surface area (Å²) < 4.78 is 4.58. The van der Waals surface area contributed by atoms with Gasteiger partial charge in [0, 0.05) is 12.8 Å². The highest BCUT2D eigenvalue weighted by molar-refractivity contribution is 5.97. The molecule has 0 radical (unpaired) electrons. The molecule has 1 aromatic heterocycles. The van der Waals surface area contributed by atoms with Crippen LogP contribution < -0.4 is 10.2 Å². The first-order valence-corrected chi connectivity index (χ1v) is 7.35. The number of fused-ring (bicyclic) bond motifs is 1. The number of methoxy groups -OCH3 is 1. The summed E-state index contributed by atoms with van der Waals surface area (Å²) in [5.41, 5.74) is 3.14. The summed E-state index contributed by atoms with van der Waals surface area (Å²) in [6.45, 7) is 0.482. The van der Waals surface area contributed by atoms with Gasteiger partial charge in [0.1, 0.15) is 0 Å². The van der Waals surface area contributed by atoms with Crippen molar-refractivity contribution in [2.24, 2.45) is 0 Å². The van der Waals surface area contributed by atoms with Crippen LogP contribution in [0.4, 0.5) is 16.2 Å². The van der Waals surface area contributed by atoms with E-state index in [1.807, 2.05) is 30.3 Å². The topological polar surface area (TPSA) is 71.5 Å². The third-order valence-corrected chi connectivity index (χ3v) is 3.73. The van der Waals surface area contributed by atoms with Crippen LogP contribution in [0.5, 0.6) is 0 Å². The van der Waals surface area contributed by atoms with Gasteiger partial charge >= 0.3 is 6.09 Å². The van der Waals surface area contributed by atoms with Crippen LogP contribution in [0, 0.1) is 0 Å². The molecule has 0 saturated carbocycles. The molecular weight excluding hydrogens is 294 g/mol. The van der Waals surface area contributed by atoms with Crippen molar-refractivity contribution in [3.63, 3.8) is 0 Å². The number of nitrogens with one attached hydrogen (secondary N) is 1. The molecule has 6 nitrogen and oxygen atoms in total. The van der Waals surface area contributed by atoms with Gasteiger partial charge in [0.05, 0.1) is 36.9 Å². The van der Waals surface area contributed by atoms with Crippen molar-refractivity contribution in [2.75, 3.05) is 17.3 Å². The lowest BCUT2D eigenvalue weighted by Crippen LogP contribution is -2.35. The molecule has 1 aliphatic heterocycles. The number of nitrogens with zero attached hydrogens (tertiary/aromatic N) is 2. The first kappa shape index (κ1) is 15.0. The normalized spacial score (nSPS) is 13.4. The molecule has 0 fully saturated rings. The molecule has 0 unspecified atom stereocenters. The predicted molar refractivity (Wildman–Crippen MR) is 86.2 cm³/mol. The smallest absolute Gasteiger partial charge is 0.411 e. The standard InChI is InChI=1S/C17H17N3O3/c1-23-17(22)19-13-9-15-14(18-10-13)7-8-16(21)20(15)11-12-5-3-2-4-6-12/h2-6,9-10H,7-8,11H2,1H3,(H,19,22). The van der Waals surface area contributed by atoms with Gasteiger partial charge in [-0.3, -0.25) is 15.1 Å². The number of aromatic nitrogens is 1. The largest absolute Gasteiger partial charge is 0.453 e. The van der Waals surface area contributed by atoms with Crippen molar-refractivity contribution >= 4 is 23.4 Å². The Bertz CT molecular complexity index is 731. The maximum Gasteiger partial charge on any atom is 0.411 e. The number of carbonyl (C=O) groups excluding carboxylic acids is 2. The van der Waals surface area contributed by atoms with Crippen molar-refractivity contribution in [1.82, 2.24) is 4.98 Å². The predicted octanol–water partition coefficient (Wildman–Crippen LogP) is 2.74. The van der Waals surface area contributed by atoms with Gasteiger partial charge in [-0.05, 0) is 11.6 Å². The number of ether oxygens (including phenoxy) is 1. The number of hydrogen-bond acceptors (Lipinski definition) is 4. The van der Waals surface area contributed by atoms with Crippen LogP contribution in [-0.2, 0) is 22.5 Å². The lowest BCUT2D eigenvalue weighted by molar-refractivity contribution is -0.119. The molecule has 0 atom stereocenters. The Morgan fingerprint density at radius 3 is 2.83 bits per heavy atom. The summed E-state index contributed by atoms with van der Waals surface area (Å²) in [4.78, 5) is 29.8. The molecule has 118 valence electrons. The lowest BCUT2D eigenvalue weighted by Gasteiger charge is -2.29. The van der Waals surface area contributed by atoms with E-state index in [4.69, 9.17) is 0 Å². The Balaban J connectivity index is 1.91. The average molecular weight is 311 g/mol. The molecule has 0 saturated heterocycles. The van der Waals surface area contributed by atoms with Crippen LogP contribution in [0.15, 0.2) is 42.6 Å². The van der Waals surface area contributed by atoms with E-state index in [2.05, 4.69) is 15.0 Å². The number of rotatable bonds is 3. The van der Waals surface area contributed by atoms with Crippen molar-refractivity contribution in [3.8, 4) is 0 Å². The molecule has 0 bridgehead atoms. The fraction of sp³-hybridized carbons (Fsp3) is 0.235. The van der Waals surface area contributed by atoms with Crippen molar-refractivity contribution in [3.05, 3.63) is 53.9 Å². The van der Waals surface area contributed by atoms with Gasteiger partial charge in [-0.1, -0.05) is 30.3 Å². The highest BCUT2D eigenvalue weighted by atomic mass is 16.5. The van der Waals surface area contributed by atoms with Crippen LogP contribution in [-0.4, -0.2) is 24.1 Å². The summed E-state index contributed by atoms with van der Waals surface area (Å²) in [6.07, 6.45) is 2.06. The second-order valence-corrected chi connectivity index (χ2v) is 5.27. The first-order valence-electron chi connectivity index (χ1n) is 7.35. The zero-order valence-electron chi connectivity index (χ0n) is 12.8. The number of anilines is 2. The van der Waals surface area contributed by atoms with Gasteiger partial charge in [0.25, 0.3) is 0 Å². The molecule has 3 rings (SSSR count). The molecule has 2 heterocycles. The molecule has 0 spiro atoms. The summed E-state index contributed by atoms with van der Waals surface area (Å²) in [5.74, 6) is 0.0540. The van der Waals surface area contributed by atoms with Crippen LogP contribution >= 0.6 is 0 Å². The molecular formula is C17H17N3O3. The molecule has 1 N–H and O–H groups in total. The number of aryl methyl sites for hydroxylation is 1. The van der Waals surface area contributed by atoms with Gasteiger partial charge in [-0.25, -0.2) is 4.79 Å². The van der Waals surface area contributed by atoms with E-state index in [9.17, 15) is 9.59 Å². The van der Waals surface area contributed by atoms with Crippen LogP contribution in [0.2, 0.25) is 0 Å². The fourth-order valence-corrected chi connectivity index (χ4v) is 2.58. The van der Waals surface area contributed by atoms with Gasteiger partial charge in [0.15, 0.2) is 0 Å². The average Bonchev–Trinajstić information content (AvgIpc) is 2.58. The maximum atomic E-state index is 12.3. The molecule has 1 aliphatic rings. The molecule has 1 aromatic carbocycles. The van der Waals surface area contributed by atoms with Crippen LogP contribution in [0.1, 0.15) is 17.7 Å². The quantitative estimate of drug-likeness (QED) is 0.946. The molecule has 0 aliphatic carbocycles. The van der Waals surface area contributed by atoms with E-state index in [1.54, 1.807) is 17.2 Å². The fourth-order valence-electron chi connectivity index (χ4n) is 2.58. The third-order valence-electron chi connectivity index (χ3n) is 3.73. The SMILES string of the molecule is COC(=O)Nc1cnc2c(c1)N(Cc1ccccc1)C(=O)CC2. The zero-order valence-corrected chi connectivity index (χ0v) is 12.8. The molecule has 6 heteroatoms. The number of hydrogen-bond donors (Lipinski definition) is 1. The summed E-state index contributed by atoms with van der Waals surface area (Å²) >= 11 is 0. The minimum Gasteiger partial charge on any atom is -0.453 e. The molecule has 23 heavy (non-hydrogen) atoms. The van der Waals surface area contributed by atoms with Crippen molar-refractivity contribution in [1.29, 1.82) is 0 Å². The first-order chi connectivity index (χ1) is 11.2. The maximum absolute atomic E-state index is 12.3. The van der Waals surface area contributed by atoms with Gasteiger partial charge in [0.2, 0.25) is 5.91 Å². The summed E-state index contributed by atoms with van der Waals surface area (Å²) in [7, 11) is 1.30. The minimum atomic E-state index is -0.566. The highest BCUT2D eigenvalue weighted by Crippen LogP contribution is 2.30. The second-order valence-electron chi connectivity index (χ2n) is 5.27. The van der Waals surface area contributed by atoms with E-state index < -0.39 is 6.09 Å². The zero-order chi connectivity index (χ0) is 16.2. The number of benzene rings is 1. The second kappa shape index (κ2) is 6.48. The molecule has 2 amide bonds. The Labute approximate surface area is 134 Å². The summed E-state index contributed by atoms with van der Waals surface area (Å²) in [6, 6.07) is 11.5. The van der Waals surface area contributed by atoms with E-state index >= 15 is 0 Å². The van der Waals surface area contributed by atoms with Crippen molar-refractivity contribution < 1.29 is 14.3 Å². The lowest BCUT2D eigenvalue weighted by atomic mass is 10.0. The monoisotopic (exact) mass is 311 g/mol. The van der Waals surface area contributed by atoms with Gasteiger partial charge in [-0.15, -0.1) is 0 Å². The van der Waals surface area contributed by atoms with E-state index in [0.29, 0.717) is 25.1 Å². The van der Waals surface area contributed by atoms with E-state index in [-0.39, 0.29) is 5.91 Å². The van der Waals surface area contributed by atoms with Crippen molar-refractivity contribution in [2.45, 2.75) is 19.4 Å². The highest BCUT2D eigenvalue weighted by Gasteiger charge is 2.25. The minimum absolute atomic E-state index is 0.0540. The van der Waals surface area contributed by atoms with Crippen LogP contribution in [0.3, 0.4) is 0 Å².